The first-order chi connectivity index (χ1) is 11.8. The van der Waals surface area contributed by atoms with E-state index in [9.17, 15) is 17.2 Å². The van der Waals surface area contributed by atoms with Crippen molar-refractivity contribution in [2.24, 2.45) is 5.92 Å². The highest BCUT2D eigenvalue weighted by atomic mass is 35.5. The second kappa shape index (κ2) is 6.69. The molecule has 25 heavy (non-hydrogen) atoms. The molecule has 0 aliphatic heterocycles. The molecule has 2 nitrogen and oxygen atoms in total. The van der Waals surface area contributed by atoms with Gasteiger partial charge in [0.15, 0.2) is 9.84 Å². The Morgan fingerprint density at radius 2 is 1.64 bits per heavy atom. The molecule has 0 bridgehead atoms. The largest absolute Gasteiger partial charge is 0.223 e. The monoisotopic (exact) mass is 384 g/mol. The molecule has 1 saturated carbocycles. The third kappa shape index (κ3) is 3.20. The molecule has 0 amide bonds. The minimum atomic E-state index is -3.92. The highest BCUT2D eigenvalue weighted by Crippen LogP contribution is 2.49. The van der Waals surface area contributed by atoms with Gasteiger partial charge in [-0.2, -0.15) is 0 Å². The van der Waals surface area contributed by atoms with Gasteiger partial charge in [-0.15, -0.1) is 0 Å². The topological polar surface area (TPSA) is 34.1 Å². The van der Waals surface area contributed by atoms with E-state index < -0.39 is 26.2 Å². The molecule has 1 aliphatic carbocycles. The van der Waals surface area contributed by atoms with Crippen molar-refractivity contribution in [2.45, 2.75) is 42.2 Å². The summed E-state index contributed by atoms with van der Waals surface area (Å²) in [7, 11) is -3.92. The average Bonchev–Trinajstić information content (AvgIpc) is 2.58. The van der Waals surface area contributed by atoms with Crippen LogP contribution in [0.5, 0.6) is 0 Å². The zero-order valence-electron chi connectivity index (χ0n) is 13.8. The highest BCUT2D eigenvalue weighted by molar-refractivity contribution is 7.92. The lowest BCUT2D eigenvalue weighted by molar-refractivity contribution is 0.302. The van der Waals surface area contributed by atoms with Crippen LogP contribution in [0.25, 0.3) is 0 Å². The van der Waals surface area contributed by atoms with Crippen LogP contribution in [0.2, 0.25) is 5.02 Å². The van der Waals surface area contributed by atoms with Crippen LogP contribution >= 0.6 is 11.6 Å². The summed E-state index contributed by atoms with van der Waals surface area (Å²) in [6.07, 6.45) is 1.81. The van der Waals surface area contributed by atoms with Gasteiger partial charge >= 0.3 is 0 Å². The molecule has 3 rings (SSSR count). The van der Waals surface area contributed by atoms with Gasteiger partial charge in [0.2, 0.25) is 0 Å². The number of halogens is 3. The predicted octanol–water partition coefficient (Wildman–Crippen LogP) is 5.50. The van der Waals surface area contributed by atoms with E-state index in [2.05, 4.69) is 0 Å². The van der Waals surface area contributed by atoms with Gasteiger partial charge in [-0.05, 0) is 74.1 Å². The summed E-state index contributed by atoms with van der Waals surface area (Å²) in [5.74, 6) is -0.973. The van der Waals surface area contributed by atoms with E-state index in [1.165, 1.54) is 24.3 Å². The van der Waals surface area contributed by atoms with Gasteiger partial charge < -0.3 is 0 Å². The van der Waals surface area contributed by atoms with E-state index in [1.54, 1.807) is 0 Å². The molecule has 1 aliphatic rings. The lowest BCUT2D eigenvalue weighted by atomic mass is 9.78. The molecule has 2 aromatic rings. The Labute approximate surface area is 151 Å². The Morgan fingerprint density at radius 3 is 2.24 bits per heavy atom. The van der Waals surface area contributed by atoms with E-state index in [1.807, 2.05) is 6.92 Å². The van der Waals surface area contributed by atoms with Crippen molar-refractivity contribution in [1.82, 2.24) is 0 Å². The molecular formula is C19H19ClF2O2S. The van der Waals surface area contributed by atoms with Crippen molar-refractivity contribution in [3.05, 3.63) is 64.7 Å². The Hall–Kier alpha value is -1.46. The van der Waals surface area contributed by atoms with Gasteiger partial charge in [0.1, 0.15) is 16.4 Å². The van der Waals surface area contributed by atoms with Gasteiger partial charge in [0.25, 0.3) is 0 Å². The van der Waals surface area contributed by atoms with E-state index >= 15 is 0 Å². The Morgan fingerprint density at radius 1 is 1.04 bits per heavy atom. The smallest absolute Gasteiger partial charge is 0.188 e. The maximum absolute atomic E-state index is 14.6. The van der Waals surface area contributed by atoms with Crippen LogP contribution < -0.4 is 0 Å². The normalized spacial score (nSPS) is 24.2. The summed E-state index contributed by atoms with van der Waals surface area (Å²) in [5.41, 5.74) is -0.0747. The van der Waals surface area contributed by atoms with Gasteiger partial charge in [0, 0.05) is 10.6 Å². The van der Waals surface area contributed by atoms with Crippen LogP contribution in [0.3, 0.4) is 0 Å². The third-order valence-corrected chi connectivity index (χ3v) is 7.94. The highest BCUT2D eigenvalue weighted by Gasteiger charge is 2.49. The predicted molar refractivity (Wildman–Crippen MR) is 94.3 cm³/mol. The molecule has 0 aromatic heterocycles. The summed E-state index contributed by atoms with van der Waals surface area (Å²) in [5, 5.41) is 0.419. The molecule has 0 unspecified atom stereocenters. The van der Waals surface area contributed by atoms with Crippen molar-refractivity contribution in [2.75, 3.05) is 0 Å². The SMILES string of the molecule is CC1CCC(c2cc(F)ccc2F)(S(=O)(=O)c2ccc(Cl)cc2)CC1. The van der Waals surface area contributed by atoms with Crippen LogP contribution in [-0.2, 0) is 14.6 Å². The second-order valence-corrected chi connectivity index (χ2v) is 9.45. The van der Waals surface area contributed by atoms with E-state index in [-0.39, 0.29) is 23.3 Å². The maximum atomic E-state index is 14.6. The van der Waals surface area contributed by atoms with Crippen LogP contribution in [0.1, 0.15) is 38.2 Å². The van der Waals surface area contributed by atoms with E-state index in [0.717, 1.165) is 18.2 Å². The fourth-order valence-electron chi connectivity index (χ4n) is 3.60. The van der Waals surface area contributed by atoms with Gasteiger partial charge in [-0.1, -0.05) is 18.5 Å². The first-order valence-electron chi connectivity index (χ1n) is 8.22. The Balaban J connectivity index is 2.21. The summed E-state index contributed by atoms with van der Waals surface area (Å²) in [6.45, 7) is 2.04. The Bertz CT molecular complexity index is 871. The van der Waals surface area contributed by atoms with Gasteiger partial charge in [0.05, 0.1) is 4.90 Å². The molecule has 0 atom stereocenters. The van der Waals surface area contributed by atoms with Crippen molar-refractivity contribution >= 4 is 21.4 Å². The molecule has 134 valence electrons. The maximum Gasteiger partial charge on any atom is 0.188 e. The fraction of sp³-hybridized carbons (Fsp3) is 0.368. The zero-order valence-corrected chi connectivity index (χ0v) is 15.4. The van der Waals surface area contributed by atoms with Crippen LogP contribution in [0.15, 0.2) is 47.4 Å². The second-order valence-electron chi connectivity index (χ2n) is 6.76. The van der Waals surface area contributed by atoms with Gasteiger partial charge in [-0.3, -0.25) is 0 Å². The molecular weight excluding hydrogens is 366 g/mol. The average molecular weight is 385 g/mol. The quantitative estimate of drug-likeness (QED) is 0.700. The van der Waals surface area contributed by atoms with Crippen LogP contribution in [-0.4, -0.2) is 8.42 Å². The van der Waals surface area contributed by atoms with E-state index in [4.69, 9.17) is 11.6 Å². The molecule has 0 spiro atoms. The number of hydrogen-bond acceptors (Lipinski definition) is 2. The fourth-order valence-corrected chi connectivity index (χ4v) is 5.89. The van der Waals surface area contributed by atoms with Crippen molar-refractivity contribution < 1.29 is 17.2 Å². The summed E-state index contributed by atoms with van der Waals surface area (Å²) in [4.78, 5) is 0.0788. The molecule has 6 heteroatoms. The van der Waals surface area contributed by atoms with Crippen molar-refractivity contribution in [3.63, 3.8) is 0 Å². The molecule has 1 fully saturated rings. The van der Waals surface area contributed by atoms with E-state index in [0.29, 0.717) is 23.8 Å². The molecule has 0 radical (unpaired) electrons. The third-order valence-electron chi connectivity index (χ3n) is 5.14. The van der Waals surface area contributed by atoms with Crippen molar-refractivity contribution in [1.29, 1.82) is 0 Å². The minimum absolute atomic E-state index is 0.0747. The number of benzene rings is 2. The lowest BCUT2D eigenvalue weighted by Gasteiger charge is -2.39. The number of sulfone groups is 1. The minimum Gasteiger partial charge on any atom is -0.223 e. The molecule has 0 N–H and O–H groups in total. The summed E-state index contributed by atoms with van der Waals surface area (Å²) < 4.78 is 53.8. The summed E-state index contributed by atoms with van der Waals surface area (Å²) >= 11 is 5.86. The lowest BCUT2D eigenvalue weighted by Crippen LogP contribution is -2.40. The number of hydrogen-bond donors (Lipinski definition) is 0. The zero-order chi connectivity index (χ0) is 18.2. The summed E-state index contributed by atoms with van der Waals surface area (Å²) in [6, 6.07) is 8.88. The first kappa shape index (κ1) is 18.3. The number of rotatable bonds is 3. The molecule has 2 aromatic carbocycles. The standard InChI is InChI=1S/C19H19ClF2O2S/c1-13-8-10-19(11-9-13,17-12-15(21)4-7-18(17)22)25(23,24)16-5-2-14(20)3-6-16/h2-7,12-13H,8-11H2,1H3. The van der Waals surface area contributed by atoms with Crippen LogP contribution in [0.4, 0.5) is 8.78 Å². The Kier molecular flexibility index (Phi) is 4.91. The molecule has 0 heterocycles. The van der Waals surface area contributed by atoms with Gasteiger partial charge in [-0.25, -0.2) is 17.2 Å². The van der Waals surface area contributed by atoms with Crippen LogP contribution in [0, 0.1) is 17.6 Å². The molecule has 0 saturated heterocycles. The first-order valence-corrected chi connectivity index (χ1v) is 10.1. The van der Waals surface area contributed by atoms with Crippen molar-refractivity contribution in [3.8, 4) is 0 Å².